The number of hydrogen-bond donors (Lipinski definition) is 1. The Morgan fingerprint density at radius 3 is 2.65 bits per heavy atom. The van der Waals surface area contributed by atoms with Crippen molar-refractivity contribution in [1.29, 1.82) is 0 Å². The Morgan fingerprint density at radius 2 is 1.88 bits per heavy atom. The van der Waals surface area contributed by atoms with Crippen molar-refractivity contribution < 1.29 is 14.6 Å². The molecular formula is C19H18N4O3. The van der Waals surface area contributed by atoms with Crippen LogP contribution in [-0.4, -0.2) is 38.9 Å². The van der Waals surface area contributed by atoms with Gasteiger partial charge < -0.3 is 19.1 Å². The maximum absolute atomic E-state index is 10.2. The highest BCUT2D eigenvalue weighted by Gasteiger charge is 2.16. The zero-order valence-corrected chi connectivity index (χ0v) is 14.7. The number of benzene rings is 2. The molecule has 0 atom stereocenters. The average molecular weight is 350 g/mol. The predicted molar refractivity (Wildman–Crippen MR) is 98.0 cm³/mol. The molecule has 0 aliphatic carbocycles. The van der Waals surface area contributed by atoms with E-state index in [1.54, 1.807) is 23.0 Å². The molecule has 132 valence electrons. The Balaban J connectivity index is 1.85. The molecule has 26 heavy (non-hydrogen) atoms. The van der Waals surface area contributed by atoms with E-state index in [0.29, 0.717) is 11.5 Å². The second kappa shape index (κ2) is 6.11. The van der Waals surface area contributed by atoms with Crippen LogP contribution in [0.15, 0.2) is 48.8 Å². The Morgan fingerprint density at radius 1 is 1.04 bits per heavy atom. The van der Waals surface area contributed by atoms with Crippen molar-refractivity contribution in [2.75, 3.05) is 14.2 Å². The van der Waals surface area contributed by atoms with E-state index >= 15 is 0 Å². The summed E-state index contributed by atoms with van der Waals surface area (Å²) in [6.07, 6.45) is 3.67. The fraction of sp³-hybridized carbons (Fsp3) is 0.158. The molecule has 4 rings (SSSR count). The second-order valence-electron chi connectivity index (χ2n) is 5.93. The van der Waals surface area contributed by atoms with E-state index in [4.69, 9.17) is 9.47 Å². The van der Waals surface area contributed by atoms with Crippen molar-refractivity contribution in [2.24, 2.45) is 7.05 Å². The standard InChI is InChI=1S/C19H18N4O3/c1-22-7-6-12-8-14(4-5-15(12)22)23-16(11-20-21-23)13-9-17(24)19(26-3)18(10-13)25-2/h4-11,24H,1-3H3. The molecule has 4 aromatic rings. The van der Waals surface area contributed by atoms with Crippen LogP contribution in [0.5, 0.6) is 17.2 Å². The van der Waals surface area contributed by atoms with Crippen LogP contribution in [0.3, 0.4) is 0 Å². The van der Waals surface area contributed by atoms with Gasteiger partial charge in [0.05, 0.1) is 31.8 Å². The first kappa shape index (κ1) is 16.0. The molecule has 0 amide bonds. The Kier molecular flexibility index (Phi) is 3.76. The van der Waals surface area contributed by atoms with Gasteiger partial charge in [0.25, 0.3) is 0 Å². The lowest BCUT2D eigenvalue weighted by Crippen LogP contribution is -2.00. The first-order valence-electron chi connectivity index (χ1n) is 8.04. The van der Waals surface area contributed by atoms with Crippen molar-refractivity contribution >= 4 is 10.9 Å². The minimum atomic E-state index is -0.00638. The summed E-state index contributed by atoms with van der Waals surface area (Å²) >= 11 is 0. The van der Waals surface area contributed by atoms with Gasteiger partial charge in [0, 0.05) is 29.7 Å². The molecule has 0 fully saturated rings. The largest absolute Gasteiger partial charge is 0.504 e. The van der Waals surface area contributed by atoms with Gasteiger partial charge in [-0.05, 0) is 36.4 Å². The van der Waals surface area contributed by atoms with Crippen molar-refractivity contribution in [1.82, 2.24) is 19.6 Å². The average Bonchev–Trinajstić information content (AvgIpc) is 3.28. The van der Waals surface area contributed by atoms with E-state index in [1.165, 1.54) is 14.2 Å². The van der Waals surface area contributed by atoms with Gasteiger partial charge in [0.15, 0.2) is 11.5 Å². The summed E-state index contributed by atoms with van der Waals surface area (Å²) in [7, 11) is 5.02. The van der Waals surface area contributed by atoms with Crippen LogP contribution in [0.25, 0.3) is 27.8 Å². The summed E-state index contributed by atoms with van der Waals surface area (Å²) in [5.41, 5.74) is 3.47. The van der Waals surface area contributed by atoms with Crippen molar-refractivity contribution in [3.8, 4) is 34.2 Å². The van der Waals surface area contributed by atoms with Crippen molar-refractivity contribution in [3.63, 3.8) is 0 Å². The Bertz CT molecular complexity index is 1100. The first-order valence-corrected chi connectivity index (χ1v) is 8.04. The van der Waals surface area contributed by atoms with E-state index in [1.807, 2.05) is 31.4 Å². The van der Waals surface area contributed by atoms with Gasteiger partial charge in [-0.2, -0.15) is 0 Å². The van der Waals surface area contributed by atoms with Crippen LogP contribution in [0, 0.1) is 0 Å². The van der Waals surface area contributed by atoms with Crippen molar-refractivity contribution in [2.45, 2.75) is 0 Å². The van der Waals surface area contributed by atoms with Crippen LogP contribution < -0.4 is 9.47 Å². The molecule has 0 aliphatic heterocycles. The third-order valence-electron chi connectivity index (χ3n) is 4.42. The molecule has 0 unspecified atom stereocenters. The predicted octanol–water partition coefficient (Wildman–Crippen LogP) is 3.15. The topological polar surface area (TPSA) is 74.3 Å². The number of rotatable bonds is 4. The third-order valence-corrected chi connectivity index (χ3v) is 4.42. The summed E-state index contributed by atoms with van der Waals surface area (Å²) in [6, 6.07) is 11.5. The Labute approximate surface area is 150 Å². The van der Waals surface area contributed by atoms with Crippen LogP contribution in [0.2, 0.25) is 0 Å². The van der Waals surface area contributed by atoms with Gasteiger partial charge >= 0.3 is 0 Å². The zero-order valence-electron chi connectivity index (χ0n) is 14.7. The first-order chi connectivity index (χ1) is 12.6. The molecular weight excluding hydrogens is 332 g/mol. The van der Waals surface area contributed by atoms with E-state index in [9.17, 15) is 5.11 Å². The molecule has 7 nitrogen and oxygen atoms in total. The third kappa shape index (κ3) is 2.45. The van der Waals surface area contributed by atoms with Gasteiger partial charge in [-0.25, -0.2) is 4.68 Å². The van der Waals surface area contributed by atoms with Gasteiger partial charge in [-0.15, -0.1) is 5.10 Å². The minimum Gasteiger partial charge on any atom is -0.504 e. The summed E-state index contributed by atoms with van der Waals surface area (Å²) in [5, 5.41) is 19.6. The lowest BCUT2D eigenvalue weighted by molar-refractivity contribution is 0.333. The number of hydrogen-bond acceptors (Lipinski definition) is 5. The number of phenolic OH excluding ortho intramolecular Hbond substituents is 1. The Hall–Kier alpha value is -3.48. The monoisotopic (exact) mass is 350 g/mol. The molecule has 0 bridgehead atoms. The van der Waals surface area contributed by atoms with Crippen LogP contribution >= 0.6 is 0 Å². The molecule has 0 saturated heterocycles. The van der Waals surface area contributed by atoms with E-state index < -0.39 is 0 Å². The number of nitrogens with zero attached hydrogens (tertiary/aromatic N) is 4. The SMILES string of the molecule is COc1cc(-c2cnnn2-c2ccc3c(ccn3C)c2)cc(O)c1OC. The molecule has 0 saturated carbocycles. The van der Waals surface area contributed by atoms with Crippen LogP contribution in [-0.2, 0) is 7.05 Å². The lowest BCUT2D eigenvalue weighted by Gasteiger charge is -2.12. The fourth-order valence-corrected chi connectivity index (χ4v) is 3.12. The number of fused-ring (bicyclic) bond motifs is 1. The molecule has 1 N–H and O–H groups in total. The molecule has 2 heterocycles. The van der Waals surface area contributed by atoms with E-state index in [-0.39, 0.29) is 5.75 Å². The summed E-state index contributed by atoms with van der Waals surface area (Å²) in [5.74, 6) is 0.725. The smallest absolute Gasteiger partial charge is 0.203 e. The zero-order chi connectivity index (χ0) is 18.3. The van der Waals surface area contributed by atoms with Gasteiger partial charge in [-0.1, -0.05) is 5.21 Å². The maximum atomic E-state index is 10.2. The number of phenols is 1. The quantitative estimate of drug-likeness (QED) is 0.612. The van der Waals surface area contributed by atoms with Crippen LogP contribution in [0.4, 0.5) is 0 Å². The summed E-state index contributed by atoms with van der Waals surface area (Å²) in [6.45, 7) is 0. The molecule has 7 heteroatoms. The maximum Gasteiger partial charge on any atom is 0.203 e. The van der Waals surface area contributed by atoms with Crippen molar-refractivity contribution in [3.05, 3.63) is 48.8 Å². The molecule has 2 aromatic heterocycles. The molecule has 0 aliphatic rings. The van der Waals surface area contributed by atoms with Crippen LogP contribution in [0.1, 0.15) is 0 Å². The molecule has 0 radical (unpaired) electrons. The van der Waals surface area contributed by atoms with E-state index in [0.717, 1.165) is 27.8 Å². The molecule has 2 aromatic carbocycles. The normalized spacial score (nSPS) is 11.0. The lowest BCUT2D eigenvalue weighted by atomic mass is 10.1. The number of methoxy groups -OCH3 is 2. The number of ether oxygens (including phenoxy) is 2. The highest BCUT2D eigenvalue weighted by Crippen LogP contribution is 2.40. The highest BCUT2D eigenvalue weighted by atomic mass is 16.5. The summed E-state index contributed by atoms with van der Waals surface area (Å²) in [4.78, 5) is 0. The number of aryl methyl sites for hydroxylation is 1. The highest BCUT2D eigenvalue weighted by molar-refractivity contribution is 5.82. The minimum absolute atomic E-state index is 0.00638. The molecule has 0 spiro atoms. The fourth-order valence-electron chi connectivity index (χ4n) is 3.12. The number of aromatic nitrogens is 4. The van der Waals surface area contributed by atoms with Gasteiger partial charge in [0.1, 0.15) is 0 Å². The number of aromatic hydroxyl groups is 1. The van der Waals surface area contributed by atoms with E-state index in [2.05, 4.69) is 20.9 Å². The van der Waals surface area contributed by atoms with Gasteiger partial charge in [0.2, 0.25) is 5.75 Å². The van der Waals surface area contributed by atoms with Gasteiger partial charge in [-0.3, -0.25) is 0 Å². The second-order valence-corrected chi connectivity index (χ2v) is 5.93. The summed E-state index contributed by atoms with van der Waals surface area (Å²) < 4.78 is 14.3.